The zero-order chi connectivity index (χ0) is 22.4. The molecule has 3 rings (SSSR count). The SMILES string of the molecule is COc1cc(C(=O)N2CCN(S(=O)(=O)N3CCOCC3)CC2)ccc1OCCC(C)C. The second-order valence-corrected chi connectivity index (χ2v) is 10.0. The number of carbonyl (C=O) groups is 1. The number of piperazine rings is 1. The second kappa shape index (κ2) is 10.6. The highest BCUT2D eigenvalue weighted by atomic mass is 32.2. The van der Waals surface area contributed by atoms with Crippen LogP contribution in [0, 0.1) is 5.92 Å². The van der Waals surface area contributed by atoms with Crippen molar-refractivity contribution in [1.29, 1.82) is 0 Å². The molecule has 0 spiro atoms. The lowest BCUT2D eigenvalue weighted by Crippen LogP contribution is -2.55. The number of carbonyl (C=O) groups excluding carboxylic acids is 1. The minimum Gasteiger partial charge on any atom is -0.493 e. The number of hydrogen-bond donors (Lipinski definition) is 0. The smallest absolute Gasteiger partial charge is 0.282 e. The first-order valence-corrected chi connectivity index (χ1v) is 12.2. The number of ether oxygens (including phenoxy) is 3. The summed E-state index contributed by atoms with van der Waals surface area (Å²) in [6, 6.07) is 5.17. The Morgan fingerprint density at radius 3 is 2.29 bits per heavy atom. The van der Waals surface area contributed by atoms with Crippen LogP contribution in [0.1, 0.15) is 30.6 Å². The molecule has 0 radical (unpaired) electrons. The van der Waals surface area contributed by atoms with Gasteiger partial charge in [0.15, 0.2) is 11.5 Å². The average molecular weight is 456 g/mol. The molecule has 2 saturated heterocycles. The number of rotatable bonds is 8. The first-order chi connectivity index (χ1) is 14.8. The maximum Gasteiger partial charge on any atom is 0.282 e. The molecule has 0 aliphatic carbocycles. The zero-order valence-electron chi connectivity index (χ0n) is 18.6. The molecule has 0 bridgehead atoms. The first-order valence-electron chi connectivity index (χ1n) is 10.8. The highest BCUT2D eigenvalue weighted by molar-refractivity contribution is 7.86. The Kier molecular flexibility index (Phi) is 8.15. The Bertz CT molecular complexity index is 847. The van der Waals surface area contributed by atoms with E-state index in [0.717, 1.165) is 6.42 Å². The van der Waals surface area contributed by atoms with E-state index in [1.807, 2.05) is 0 Å². The summed E-state index contributed by atoms with van der Waals surface area (Å²) in [5, 5.41) is 0. The van der Waals surface area contributed by atoms with Crippen LogP contribution in [0.5, 0.6) is 11.5 Å². The van der Waals surface area contributed by atoms with E-state index in [4.69, 9.17) is 14.2 Å². The minimum atomic E-state index is -3.52. The van der Waals surface area contributed by atoms with E-state index in [1.54, 1.807) is 30.2 Å². The Morgan fingerprint density at radius 1 is 1.03 bits per heavy atom. The summed E-state index contributed by atoms with van der Waals surface area (Å²) in [5.74, 6) is 1.53. The molecule has 0 atom stereocenters. The quantitative estimate of drug-likeness (QED) is 0.590. The van der Waals surface area contributed by atoms with Gasteiger partial charge < -0.3 is 19.1 Å². The van der Waals surface area contributed by atoms with Crippen molar-refractivity contribution in [2.75, 3.05) is 66.2 Å². The summed E-state index contributed by atoms with van der Waals surface area (Å²) in [5.41, 5.74) is 0.498. The van der Waals surface area contributed by atoms with Crippen LogP contribution < -0.4 is 9.47 Å². The number of methoxy groups -OCH3 is 1. The third kappa shape index (κ3) is 5.88. The van der Waals surface area contributed by atoms with Gasteiger partial charge in [-0.25, -0.2) is 0 Å². The number of hydrogen-bond acceptors (Lipinski definition) is 6. The molecule has 2 heterocycles. The van der Waals surface area contributed by atoms with E-state index >= 15 is 0 Å². The normalized spacial score (nSPS) is 18.9. The topological polar surface area (TPSA) is 88.6 Å². The van der Waals surface area contributed by atoms with Gasteiger partial charge in [0.1, 0.15) is 0 Å². The summed E-state index contributed by atoms with van der Waals surface area (Å²) in [4.78, 5) is 14.7. The van der Waals surface area contributed by atoms with Crippen LogP contribution in [0.3, 0.4) is 0 Å². The van der Waals surface area contributed by atoms with Crippen LogP contribution in [0.4, 0.5) is 0 Å². The summed E-state index contributed by atoms with van der Waals surface area (Å²) in [6.07, 6.45) is 0.932. The van der Waals surface area contributed by atoms with Gasteiger partial charge in [-0.3, -0.25) is 4.79 Å². The fourth-order valence-electron chi connectivity index (χ4n) is 3.57. The van der Waals surface area contributed by atoms with Gasteiger partial charge in [0, 0.05) is 44.8 Å². The molecular formula is C21H33N3O6S. The van der Waals surface area contributed by atoms with Crippen molar-refractivity contribution in [2.45, 2.75) is 20.3 Å². The number of benzene rings is 1. The maximum atomic E-state index is 13.0. The molecule has 0 saturated carbocycles. The van der Waals surface area contributed by atoms with Gasteiger partial charge in [-0.05, 0) is 30.5 Å². The third-order valence-electron chi connectivity index (χ3n) is 5.51. The molecule has 10 heteroatoms. The lowest BCUT2D eigenvalue weighted by molar-refractivity contribution is 0.0636. The van der Waals surface area contributed by atoms with Crippen LogP contribution in [0.15, 0.2) is 18.2 Å². The average Bonchev–Trinajstić information content (AvgIpc) is 2.79. The van der Waals surface area contributed by atoms with E-state index in [9.17, 15) is 13.2 Å². The van der Waals surface area contributed by atoms with Gasteiger partial charge in [-0.15, -0.1) is 0 Å². The van der Waals surface area contributed by atoms with Crippen LogP contribution in [-0.4, -0.2) is 94.0 Å². The van der Waals surface area contributed by atoms with Crippen LogP contribution in [-0.2, 0) is 14.9 Å². The van der Waals surface area contributed by atoms with Crippen molar-refractivity contribution >= 4 is 16.1 Å². The summed E-state index contributed by atoms with van der Waals surface area (Å²) in [6.45, 7) is 7.66. The standard InChI is InChI=1S/C21H33N3O6S/c1-17(2)6-13-30-19-5-4-18(16-20(19)28-3)21(25)22-7-9-23(10-8-22)31(26,27)24-11-14-29-15-12-24/h4-5,16-17H,6-15H2,1-3H3. The zero-order valence-corrected chi connectivity index (χ0v) is 19.4. The van der Waals surface area contributed by atoms with E-state index in [2.05, 4.69) is 13.8 Å². The predicted molar refractivity (Wildman–Crippen MR) is 117 cm³/mol. The largest absolute Gasteiger partial charge is 0.493 e. The third-order valence-corrected chi connectivity index (χ3v) is 7.55. The molecule has 0 unspecified atom stereocenters. The molecule has 2 fully saturated rings. The molecule has 1 aromatic rings. The number of morpholine rings is 1. The van der Waals surface area contributed by atoms with Crippen molar-refractivity contribution in [3.05, 3.63) is 23.8 Å². The van der Waals surface area contributed by atoms with E-state index in [-0.39, 0.29) is 19.0 Å². The van der Waals surface area contributed by atoms with Gasteiger partial charge in [0.05, 0.1) is 26.9 Å². The van der Waals surface area contributed by atoms with Gasteiger partial charge in [0.2, 0.25) is 0 Å². The summed E-state index contributed by atoms with van der Waals surface area (Å²) < 4.78 is 45.0. The van der Waals surface area contributed by atoms with Crippen molar-refractivity contribution in [1.82, 2.24) is 13.5 Å². The predicted octanol–water partition coefficient (Wildman–Crippen LogP) is 1.45. The van der Waals surface area contributed by atoms with Gasteiger partial charge in [0.25, 0.3) is 16.1 Å². The van der Waals surface area contributed by atoms with Gasteiger partial charge in [-0.2, -0.15) is 17.0 Å². The van der Waals surface area contributed by atoms with Crippen LogP contribution in [0.25, 0.3) is 0 Å². The first kappa shape index (κ1) is 23.8. The summed E-state index contributed by atoms with van der Waals surface area (Å²) in [7, 11) is -1.97. The molecular weight excluding hydrogens is 422 g/mol. The van der Waals surface area contributed by atoms with Gasteiger partial charge in [-0.1, -0.05) is 13.8 Å². The molecule has 31 heavy (non-hydrogen) atoms. The molecule has 1 aromatic carbocycles. The minimum absolute atomic E-state index is 0.143. The Labute approximate surface area is 185 Å². The Morgan fingerprint density at radius 2 is 1.68 bits per heavy atom. The molecule has 174 valence electrons. The highest BCUT2D eigenvalue weighted by Crippen LogP contribution is 2.29. The summed E-state index contributed by atoms with van der Waals surface area (Å²) >= 11 is 0. The van der Waals surface area contributed by atoms with Crippen LogP contribution in [0.2, 0.25) is 0 Å². The maximum absolute atomic E-state index is 13.0. The fraction of sp³-hybridized carbons (Fsp3) is 0.667. The lowest BCUT2D eigenvalue weighted by Gasteiger charge is -2.37. The van der Waals surface area contributed by atoms with Crippen molar-refractivity contribution in [2.24, 2.45) is 5.92 Å². The van der Waals surface area contributed by atoms with E-state index < -0.39 is 10.2 Å². The highest BCUT2D eigenvalue weighted by Gasteiger charge is 2.34. The van der Waals surface area contributed by atoms with Crippen LogP contribution >= 0.6 is 0 Å². The fourth-order valence-corrected chi connectivity index (χ4v) is 5.13. The molecule has 0 aromatic heterocycles. The molecule has 0 N–H and O–H groups in total. The second-order valence-electron chi connectivity index (χ2n) is 8.11. The van der Waals surface area contributed by atoms with Crippen molar-refractivity contribution in [3.8, 4) is 11.5 Å². The molecule has 2 aliphatic heterocycles. The number of amides is 1. The molecule has 9 nitrogen and oxygen atoms in total. The Hall–Kier alpha value is -1.88. The van der Waals surface area contributed by atoms with Gasteiger partial charge >= 0.3 is 0 Å². The lowest BCUT2D eigenvalue weighted by atomic mass is 10.1. The molecule has 1 amide bonds. The van der Waals surface area contributed by atoms with Crippen molar-refractivity contribution in [3.63, 3.8) is 0 Å². The Balaban J connectivity index is 1.60. The number of nitrogens with zero attached hydrogens (tertiary/aromatic N) is 3. The van der Waals surface area contributed by atoms with Crippen molar-refractivity contribution < 1.29 is 27.4 Å². The molecule has 2 aliphatic rings. The monoisotopic (exact) mass is 455 g/mol. The van der Waals surface area contributed by atoms with E-state index in [0.29, 0.717) is 69.0 Å². The van der Waals surface area contributed by atoms with E-state index in [1.165, 1.54) is 8.61 Å².